The van der Waals surface area contributed by atoms with Gasteiger partial charge >= 0.3 is 6.03 Å². The van der Waals surface area contributed by atoms with Crippen molar-refractivity contribution in [1.82, 2.24) is 5.32 Å². The van der Waals surface area contributed by atoms with Crippen LogP contribution in [0.1, 0.15) is 5.56 Å². The Bertz CT molecular complexity index is 626. The lowest BCUT2D eigenvalue weighted by Gasteiger charge is -2.04. The Morgan fingerprint density at radius 2 is 1.90 bits per heavy atom. The molecule has 2 rings (SSSR count). The number of nitrogens with one attached hydrogen (secondary N) is 2. The van der Waals surface area contributed by atoms with Gasteiger partial charge in [-0.3, -0.25) is 0 Å². The van der Waals surface area contributed by atoms with Crippen molar-refractivity contribution in [3.63, 3.8) is 0 Å². The standard InChI is InChI=1S/C15H12BrFN2O/c16-12-3-1-2-11(10-12)8-9-18-15(20)19-14-6-4-13(17)5-7-14/h1-10H,(H2,18,19,20)/b9-8+. The Morgan fingerprint density at radius 3 is 2.60 bits per heavy atom. The molecule has 2 amide bonds. The second-order valence-electron chi connectivity index (χ2n) is 3.99. The number of hydrogen-bond donors (Lipinski definition) is 2. The first kappa shape index (κ1) is 14.3. The molecule has 0 aliphatic carbocycles. The topological polar surface area (TPSA) is 41.1 Å². The normalized spacial score (nSPS) is 10.5. The van der Waals surface area contributed by atoms with Crippen molar-refractivity contribution in [3.05, 3.63) is 70.6 Å². The van der Waals surface area contributed by atoms with E-state index in [9.17, 15) is 9.18 Å². The summed E-state index contributed by atoms with van der Waals surface area (Å²) in [5.41, 5.74) is 1.49. The Hall–Kier alpha value is -2.14. The van der Waals surface area contributed by atoms with Gasteiger partial charge in [-0.1, -0.05) is 28.1 Å². The Morgan fingerprint density at radius 1 is 1.15 bits per heavy atom. The van der Waals surface area contributed by atoms with Crippen molar-refractivity contribution in [3.8, 4) is 0 Å². The minimum absolute atomic E-state index is 0.342. The van der Waals surface area contributed by atoms with E-state index in [1.807, 2.05) is 24.3 Å². The summed E-state index contributed by atoms with van der Waals surface area (Å²) in [6.45, 7) is 0. The van der Waals surface area contributed by atoms with E-state index in [0.717, 1.165) is 10.0 Å². The number of halogens is 2. The highest BCUT2D eigenvalue weighted by Crippen LogP contribution is 2.12. The Labute approximate surface area is 124 Å². The molecule has 0 atom stereocenters. The zero-order valence-electron chi connectivity index (χ0n) is 10.4. The second kappa shape index (κ2) is 6.86. The van der Waals surface area contributed by atoms with Crippen molar-refractivity contribution in [2.45, 2.75) is 0 Å². The first-order valence-corrected chi connectivity index (χ1v) is 6.68. The first-order chi connectivity index (χ1) is 9.63. The number of amides is 2. The van der Waals surface area contributed by atoms with Crippen LogP contribution in [0.25, 0.3) is 6.08 Å². The Kier molecular flexibility index (Phi) is 4.90. The molecule has 3 nitrogen and oxygen atoms in total. The van der Waals surface area contributed by atoms with Gasteiger partial charge in [0.05, 0.1) is 0 Å². The molecule has 0 fully saturated rings. The molecule has 2 aromatic carbocycles. The SMILES string of the molecule is O=C(N/C=C/c1cccc(Br)c1)Nc1ccc(F)cc1. The molecule has 0 spiro atoms. The molecule has 2 aromatic rings. The number of rotatable bonds is 3. The third kappa shape index (κ3) is 4.51. The first-order valence-electron chi connectivity index (χ1n) is 5.89. The van der Waals surface area contributed by atoms with E-state index in [1.54, 1.807) is 12.3 Å². The number of hydrogen-bond acceptors (Lipinski definition) is 1. The summed E-state index contributed by atoms with van der Waals surface area (Å²) in [7, 11) is 0. The van der Waals surface area contributed by atoms with E-state index in [1.165, 1.54) is 24.3 Å². The lowest BCUT2D eigenvalue weighted by atomic mass is 10.2. The largest absolute Gasteiger partial charge is 0.323 e. The van der Waals surface area contributed by atoms with Crippen LogP contribution in [0.2, 0.25) is 0 Å². The van der Waals surface area contributed by atoms with Crippen molar-refractivity contribution in [2.24, 2.45) is 0 Å². The van der Waals surface area contributed by atoms with E-state index in [0.29, 0.717) is 5.69 Å². The molecular weight excluding hydrogens is 323 g/mol. The van der Waals surface area contributed by atoms with Gasteiger partial charge in [-0.2, -0.15) is 0 Å². The highest BCUT2D eigenvalue weighted by Gasteiger charge is 1.99. The van der Waals surface area contributed by atoms with Crippen LogP contribution in [-0.2, 0) is 0 Å². The fourth-order valence-corrected chi connectivity index (χ4v) is 1.94. The molecule has 0 saturated carbocycles. The molecule has 2 N–H and O–H groups in total. The predicted molar refractivity (Wildman–Crippen MR) is 81.7 cm³/mol. The summed E-state index contributed by atoms with van der Waals surface area (Å²) >= 11 is 3.37. The van der Waals surface area contributed by atoms with Crippen LogP contribution in [-0.4, -0.2) is 6.03 Å². The van der Waals surface area contributed by atoms with Gasteiger partial charge in [0.2, 0.25) is 0 Å². The van der Waals surface area contributed by atoms with Crippen LogP contribution in [0.4, 0.5) is 14.9 Å². The van der Waals surface area contributed by atoms with Crippen LogP contribution in [0, 0.1) is 5.82 Å². The van der Waals surface area contributed by atoms with Gasteiger partial charge < -0.3 is 10.6 Å². The maximum atomic E-state index is 12.7. The van der Waals surface area contributed by atoms with E-state index >= 15 is 0 Å². The second-order valence-corrected chi connectivity index (χ2v) is 4.91. The third-order valence-corrected chi connectivity index (χ3v) is 2.93. The van der Waals surface area contributed by atoms with E-state index in [4.69, 9.17) is 0 Å². The van der Waals surface area contributed by atoms with Crippen LogP contribution >= 0.6 is 15.9 Å². The van der Waals surface area contributed by atoms with Crippen molar-refractivity contribution in [1.29, 1.82) is 0 Å². The van der Waals surface area contributed by atoms with Crippen LogP contribution in [0.15, 0.2) is 59.2 Å². The highest BCUT2D eigenvalue weighted by atomic mass is 79.9. The maximum Gasteiger partial charge on any atom is 0.323 e. The monoisotopic (exact) mass is 334 g/mol. The van der Waals surface area contributed by atoms with Gasteiger partial charge in [-0.05, 0) is 48.0 Å². The molecule has 20 heavy (non-hydrogen) atoms. The lowest BCUT2D eigenvalue weighted by Crippen LogP contribution is -2.23. The van der Waals surface area contributed by atoms with Crippen LogP contribution in [0.5, 0.6) is 0 Å². The van der Waals surface area contributed by atoms with Crippen molar-refractivity contribution < 1.29 is 9.18 Å². The van der Waals surface area contributed by atoms with E-state index < -0.39 is 0 Å². The van der Waals surface area contributed by atoms with Crippen LogP contribution in [0.3, 0.4) is 0 Å². The quantitative estimate of drug-likeness (QED) is 0.859. The van der Waals surface area contributed by atoms with E-state index in [-0.39, 0.29) is 11.8 Å². The number of carbonyl (C=O) groups excluding carboxylic acids is 1. The average molecular weight is 335 g/mol. The summed E-state index contributed by atoms with van der Waals surface area (Å²) in [6, 6.07) is 12.8. The molecule has 0 heterocycles. The fraction of sp³-hybridized carbons (Fsp3) is 0. The highest BCUT2D eigenvalue weighted by molar-refractivity contribution is 9.10. The van der Waals surface area contributed by atoms with Gasteiger partial charge in [0.1, 0.15) is 5.82 Å². The Balaban J connectivity index is 1.87. The third-order valence-electron chi connectivity index (χ3n) is 2.44. The zero-order valence-corrected chi connectivity index (χ0v) is 12.0. The summed E-state index contributed by atoms with van der Waals surface area (Å²) < 4.78 is 13.7. The van der Waals surface area contributed by atoms with Gasteiger partial charge in [0.25, 0.3) is 0 Å². The number of carbonyl (C=O) groups is 1. The average Bonchev–Trinajstić information content (AvgIpc) is 2.41. The molecule has 0 radical (unpaired) electrons. The minimum atomic E-state index is -0.386. The molecular formula is C15H12BrFN2O. The molecule has 0 aliphatic rings. The molecule has 0 saturated heterocycles. The van der Waals surface area contributed by atoms with Gasteiger partial charge in [0.15, 0.2) is 0 Å². The number of benzene rings is 2. The molecule has 102 valence electrons. The molecule has 0 bridgehead atoms. The van der Waals surface area contributed by atoms with Gasteiger partial charge in [-0.15, -0.1) is 0 Å². The molecule has 0 unspecified atom stereocenters. The fourth-order valence-electron chi connectivity index (χ4n) is 1.52. The van der Waals surface area contributed by atoms with Gasteiger partial charge in [-0.25, -0.2) is 9.18 Å². The zero-order chi connectivity index (χ0) is 14.4. The minimum Gasteiger partial charge on any atom is -0.314 e. The van der Waals surface area contributed by atoms with Crippen LogP contribution < -0.4 is 10.6 Å². The number of anilines is 1. The molecule has 5 heteroatoms. The smallest absolute Gasteiger partial charge is 0.314 e. The predicted octanol–water partition coefficient (Wildman–Crippen LogP) is 4.38. The summed E-state index contributed by atoms with van der Waals surface area (Å²) in [5.74, 6) is -0.342. The molecule has 0 aromatic heterocycles. The van der Waals surface area contributed by atoms with Gasteiger partial charge in [0, 0.05) is 16.4 Å². The van der Waals surface area contributed by atoms with E-state index in [2.05, 4.69) is 26.6 Å². The summed E-state index contributed by atoms with van der Waals surface area (Å²) in [6.07, 6.45) is 3.32. The number of urea groups is 1. The lowest BCUT2D eigenvalue weighted by molar-refractivity contribution is 0.255. The summed E-state index contributed by atoms with van der Waals surface area (Å²) in [4.78, 5) is 11.6. The van der Waals surface area contributed by atoms with Crippen molar-refractivity contribution >= 4 is 33.7 Å². The van der Waals surface area contributed by atoms with Crippen molar-refractivity contribution in [2.75, 3.05) is 5.32 Å². The maximum absolute atomic E-state index is 12.7. The summed E-state index contributed by atoms with van der Waals surface area (Å²) in [5, 5.41) is 5.16. The molecule has 0 aliphatic heterocycles.